The number of urea groups is 1. The Morgan fingerprint density at radius 2 is 1.93 bits per heavy atom. The number of hydrogen-bond acceptors (Lipinski definition) is 4. The van der Waals surface area contributed by atoms with Gasteiger partial charge in [-0.3, -0.25) is 4.79 Å². The summed E-state index contributed by atoms with van der Waals surface area (Å²) < 4.78 is 0. The van der Waals surface area contributed by atoms with Crippen molar-refractivity contribution in [3.63, 3.8) is 0 Å². The van der Waals surface area contributed by atoms with Gasteiger partial charge in [0.2, 0.25) is 0 Å². The van der Waals surface area contributed by atoms with Crippen molar-refractivity contribution >= 4 is 12.0 Å². The predicted octanol–water partition coefficient (Wildman–Crippen LogP) is -1.79. The topological polar surface area (TPSA) is 139 Å². The largest absolute Gasteiger partial charge is 0.480 e. The zero-order valence-corrected chi connectivity index (χ0v) is 7.64. The molecule has 0 aromatic carbocycles. The summed E-state index contributed by atoms with van der Waals surface area (Å²) in [5.41, 5.74) is 9.96. The molecule has 7 N–H and O–H groups in total. The van der Waals surface area contributed by atoms with Crippen LogP contribution in [0.25, 0.3) is 0 Å². The minimum Gasteiger partial charge on any atom is -0.480 e. The third-order valence-corrected chi connectivity index (χ3v) is 1.64. The molecule has 7 heteroatoms. The van der Waals surface area contributed by atoms with Gasteiger partial charge in [-0.05, 0) is 12.8 Å². The second-order valence-electron chi connectivity index (χ2n) is 2.92. The third kappa shape index (κ3) is 6.21. The number of rotatable bonds is 6. The van der Waals surface area contributed by atoms with Crippen LogP contribution >= 0.6 is 0 Å². The number of hydrogen-bond donors (Lipinski definition) is 5. The van der Waals surface area contributed by atoms with Gasteiger partial charge in [0.1, 0.15) is 6.04 Å². The van der Waals surface area contributed by atoms with E-state index in [1.165, 1.54) is 0 Å². The molecule has 0 aromatic heterocycles. The van der Waals surface area contributed by atoms with Gasteiger partial charge < -0.3 is 27.0 Å². The molecule has 0 bridgehead atoms. The molecular formula is C7H15N3O4. The molecule has 1 unspecified atom stereocenters. The van der Waals surface area contributed by atoms with Crippen molar-refractivity contribution in [2.45, 2.75) is 25.0 Å². The number of nitrogens with two attached hydrogens (primary N) is 2. The van der Waals surface area contributed by atoms with Crippen LogP contribution in [0.15, 0.2) is 0 Å². The zero-order chi connectivity index (χ0) is 11.1. The molecule has 0 fully saturated rings. The van der Waals surface area contributed by atoms with Crippen LogP contribution in [0.3, 0.4) is 0 Å². The number of aliphatic carboxylic acids is 1. The van der Waals surface area contributed by atoms with Crippen LogP contribution in [-0.2, 0) is 4.79 Å². The monoisotopic (exact) mass is 205 g/mol. The van der Waals surface area contributed by atoms with Gasteiger partial charge in [0.15, 0.2) is 0 Å². The lowest BCUT2D eigenvalue weighted by molar-refractivity contribution is -0.138. The quantitative estimate of drug-likeness (QED) is 0.348. The highest BCUT2D eigenvalue weighted by Gasteiger charge is 2.13. The summed E-state index contributed by atoms with van der Waals surface area (Å²) in [5, 5.41) is 19.8. The van der Waals surface area contributed by atoms with Gasteiger partial charge in [0.05, 0.1) is 6.10 Å². The van der Waals surface area contributed by atoms with Crippen LogP contribution in [0.1, 0.15) is 12.8 Å². The fourth-order valence-corrected chi connectivity index (χ4v) is 0.816. The Hall–Kier alpha value is -1.34. The maximum absolute atomic E-state index is 10.3. The van der Waals surface area contributed by atoms with E-state index in [4.69, 9.17) is 16.6 Å². The third-order valence-electron chi connectivity index (χ3n) is 1.64. The molecule has 0 radical (unpaired) electrons. The Kier molecular flexibility index (Phi) is 5.58. The summed E-state index contributed by atoms with van der Waals surface area (Å²) >= 11 is 0. The van der Waals surface area contributed by atoms with E-state index in [1.54, 1.807) is 0 Å². The lowest BCUT2D eigenvalue weighted by Crippen LogP contribution is -2.37. The van der Waals surface area contributed by atoms with Gasteiger partial charge in [0.25, 0.3) is 0 Å². The fourth-order valence-electron chi connectivity index (χ4n) is 0.816. The average Bonchev–Trinajstić information content (AvgIpc) is 2.10. The molecule has 0 aliphatic rings. The molecule has 0 aliphatic carbocycles. The second-order valence-corrected chi connectivity index (χ2v) is 2.92. The number of aliphatic hydroxyl groups is 1. The summed E-state index contributed by atoms with van der Waals surface area (Å²) in [6.45, 7) is 0.00166. The van der Waals surface area contributed by atoms with Crippen LogP contribution in [0.2, 0.25) is 0 Å². The van der Waals surface area contributed by atoms with Gasteiger partial charge in [-0.15, -0.1) is 0 Å². The predicted molar refractivity (Wildman–Crippen MR) is 48.4 cm³/mol. The Balaban J connectivity index is 3.58. The van der Waals surface area contributed by atoms with Crippen molar-refractivity contribution in [1.82, 2.24) is 5.32 Å². The van der Waals surface area contributed by atoms with Crippen molar-refractivity contribution in [2.75, 3.05) is 6.54 Å². The number of aliphatic hydroxyl groups excluding tert-OH is 1. The zero-order valence-electron chi connectivity index (χ0n) is 7.64. The van der Waals surface area contributed by atoms with Crippen LogP contribution in [0.5, 0.6) is 0 Å². The van der Waals surface area contributed by atoms with Crippen LogP contribution in [0, 0.1) is 0 Å². The molecular weight excluding hydrogens is 190 g/mol. The smallest absolute Gasteiger partial charge is 0.320 e. The van der Waals surface area contributed by atoms with E-state index < -0.39 is 24.1 Å². The fraction of sp³-hybridized carbons (Fsp3) is 0.714. The van der Waals surface area contributed by atoms with Gasteiger partial charge in [-0.1, -0.05) is 0 Å². The van der Waals surface area contributed by atoms with Gasteiger partial charge in [0, 0.05) is 6.54 Å². The molecule has 0 aliphatic heterocycles. The minimum atomic E-state index is -1.11. The van der Waals surface area contributed by atoms with E-state index in [0.29, 0.717) is 0 Å². The maximum atomic E-state index is 10.3. The summed E-state index contributed by atoms with van der Waals surface area (Å²) in [7, 11) is 0. The molecule has 2 amide bonds. The number of carbonyl (C=O) groups is 2. The van der Waals surface area contributed by atoms with Crippen LogP contribution in [-0.4, -0.2) is 40.9 Å². The summed E-state index contributed by atoms with van der Waals surface area (Å²) in [6, 6.07) is -1.72. The molecule has 2 atom stereocenters. The van der Waals surface area contributed by atoms with E-state index in [1.807, 2.05) is 0 Å². The van der Waals surface area contributed by atoms with Crippen molar-refractivity contribution < 1.29 is 19.8 Å². The molecule has 0 saturated heterocycles. The van der Waals surface area contributed by atoms with Gasteiger partial charge in [-0.2, -0.15) is 0 Å². The molecule has 0 saturated carbocycles. The Bertz CT molecular complexity index is 209. The standard InChI is InChI=1S/C7H15N3O4/c8-5(6(12)13)2-1-4(11)3-10-7(9)14/h4-5,11H,1-3,8H2,(H,12,13)(H3,9,10,14)/t4?,5-/m0/s1. The Morgan fingerprint density at radius 1 is 1.36 bits per heavy atom. The summed E-state index contributed by atoms with van der Waals surface area (Å²) in [6.07, 6.45) is -0.474. The highest BCUT2D eigenvalue weighted by atomic mass is 16.4. The van der Waals surface area contributed by atoms with Crippen molar-refractivity contribution in [2.24, 2.45) is 11.5 Å². The van der Waals surface area contributed by atoms with E-state index in [2.05, 4.69) is 5.32 Å². The van der Waals surface area contributed by atoms with Crippen molar-refractivity contribution in [3.8, 4) is 0 Å². The normalized spacial score (nSPS) is 14.4. The molecule has 0 aromatic rings. The number of primary amides is 1. The molecule has 0 spiro atoms. The molecule has 0 heterocycles. The lowest BCUT2D eigenvalue weighted by atomic mass is 10.1. The van der Waals surface area contributed by atoms with E-state index >= 15 is 0 Å². The van der Waals surface area contributed by atoms with Crippen molar-refractivity contribution in [1.29, 1.82) is 0 Å². The Morgan fingerprint density at radius 3 is 2.36 bits per heavy atom. The van der Waals surface area contributed by atoms with E-state index in [0.717, 1.165) is 0 Å². The molecule has 0 rings (SSSR count). The van der Waals surface area contributed by atoms with Crippen LogP contribution in [0.4, 0.5) is 4.79 Å². The second kappa shape index (κ2) is 6.17. The highest BCUT2D eigenvalue weighted by molar-refractivity contribution is 5.73. The van der Waals surface area contributed by atoms with E-state index in [9.17, 15) is 14.7 Å². The number of nitrogens with one attached hydrogen (secondary N) is 1. The lowest BCUT2D eigenvalue weighted by Gasteiger charge is -2.12. The number of carbonyl (C=O) groups excluding carboxylic acids is 1. The van der Waals surface area contributed by atoms with Crippen LogP contribution < -0.4 is 16.8 Å². The minimum absolute atomic E-state index is 0.00166. The highest BCUT2D eigenvalue weighted by Crippen LogP contribution is 1.99. The van der Waals surface area contributed by atoms with E-state index in [-0.39, 0.29) is 19.4 Å². The molecule has 82 valence electrons. The first-order valence-electron chi connectivity index (χ1n) is 4.13. The molecule has 14 heavy (non-hydrogen) atoms. The SMILES string of the molecule is NC(=O)NCC(O)CC[C@H](N)C(=O)O. The first-order valence-corrected chi connectivity index (χ1v) is 4.13. The van der Waals surface area contributed by atoms with Gasteiger partial charge in [-0.25, -0.2) is 4.79 Å². The summed E-state index contributed by atoms with van der Waals surface area (Å²) in [5.74, 6) is -1.11. The first-order chi connectivity index (χ1) is 6.43. The summed E-state index contributed by atoms with van der Waals surface area (Å²) in [4.78, 5) is 20.5. The van der Waals surface area contributed by atoms with Crippen molar-refractivity contribution in [3.05, 3.63) is 0 Å². The number of carboxylic acids is 1. The van der Waals surface area contributed by atoms with Gasteiger partial charge >= 0.3 is 12.0 Å². The molecule has 7 nitrogen and oxygen atoms in total. The number of carboxylic acid groups (broad SMARTS) is 1. The maximum Gasteiger partial charge on any atom is 0.320 e. The average molecular weight is 205 g/mol. The first kappa shape index (κ1) is 12.7. The number of amides is 2. The Labute approximate surface area is 81.1 Å².